The van der Waals surface area contributed by atoms with Crippen molar-refractivity contribution in [2.24, 2.45) is 5.92 Å². The summed E-state index contributed by atoms with van der Waals surface area (Å²) in [6, 6.07) is 7.30. The third-order valence-electron chi connectivity index (χ3n) is 4.38. The normalized spacial score (nSPS) is 19.8. The summed E-state index contributed by atoms with van der Waals surface area (Å²) in [7, 11) is 1.44. The Balaban J connectivity index is 1.84. The SMILES string of the molecule is COc1c(Cl)cc([C@@H]2[C@@H](C(=O)Nc3ccc(Cl)c(C(=O)O)c3)C2(Cl)Cl)cc1Cl. The maximum absolute atomic E-state index is 12.7. The first-order chi connectivity index (χ1) is 13.1. The van der Waals surface area contributed by atoms with Crippen LogP contribution in [0.2, 0.25) is 15.1 Å². The van der Waals surface area contributed by atoms with Gasteiger partial charge in [-0.05, 0) is 35.9 Å². The van der Waals surface area contributed by atoms with Crippen LogP contribution in [0.5, 0.6) is 5.75 Å². The summed E-state index contributed by atoms with van der Waals surface area (Å²) in [5.41, 5.74) is 0.708. The zero-order chi connectivity index (χ0) is 20.8. The van der Waals surface area contributed by atoms with Gasteiger partial charge in [0.2, 0.25) is 5.91 Å². The fraction of sp³-hybridized carbons (Fsp3) is 0.222. The Hall–Kier alpha value is -1.37. The van der Waals surface area contributed by atoms with Crippen LogP contribution in [0, 0.1) is 5.92 Å². The van der Waals surface area contributed by atoms with Gasteiger partial charge in [0.05, 0.1) is 33.7 Å². The first kappa shape index (κ1) is 21.3. The van der Waals surface area contributed by atoms with Gasteiger partial charge in [0.25, 0.3) is 0 Å². The number of hydrogen-bond donors (Lipinski definition) is 2. The molecule has 0 saturated heterocycles. The number of carbonyl (C=O) groups excluding carboxylic acids is 1. The van der Waals surface area contributed by atoms with Gasteiger partial charge in [-0.3, -0.25) is 4.79 Å². The summed E-state index contributed by atoms with van der Waals surface area (Å²) in [6.45, 7) is 0. The smallest absolute Gasteiger partial charge is 0.337 e. The molecular weight excluding hydrogens is 471 g/mol. The number of aromatic carboxylic acids is 1. The van der Waals surface area contributed by atoms with Gasteiger partial charge in [0.15, 0.2) is 5.75 Å². The summed E-state index contributed by atoms with van der Waals surface area (Å²) >= 11 is 30.8. The Morgan fingerprint density at radius 3 is 2.21 bits per heavy atom. The van der Waals surface area contributed by atoms with Crippen molar-refractivity contribution in [1.29, 1.82) is 0 Å². The molecular formula is C18H12Cl5NO4. The van der Waals surface area contributed by atoms with Crippen LogP contribution in [-0.2, 0) is 4.79 Å². The highest BCUT2D eigenvalue weighted by Crippen LogP contribution is 2.65. The van der Waals surface area contributed by atoms with Crippen molar-refractivity contribution >= 4 is 75.6 Å². The van der Waals surface area contributed by atoms with E-state index in [0.717, 1.165) is 0 Å². The first-order valence-electron chi connectivity index (χ1n) is 7.82. The van der Waals surface area contributed by atoms with Crippen molar-refractivity contribution in [2.45, 2.75) is 10.3 Å². The average molecular weight is 484 g/mol. The Morgan fingerprint density at radius 1 is 1.07 bits per heavy atom. The van der Waals surface area contributed by atoms with Crippen LogP contribution in [0.1, 0.15) is 21.8 Å². The first-order valence-corrected chi connectivity index (χ1v) is 9.71. The number of alkyl halides is 2. The molecule has 0 bridgehead atoms. The van der Waals surface area contributed by atoms with E-state index in [1.54, 1.807) is 12.1 Å². The molecule has 0 spiro atoms. The Labute approximate surface area is 185 Å². The maximum atomic E-state index is 12.7. The highest BCUT2D eigenvalue weighted by Gasteiger charge is 2.67. The van der Waals surface area contributed by atoms with E-state index in [1.165, 1.54) is 25.3 Å². The fourth-order valence-electron chi connectivity index (χ4n) is 3.01. The van der Waals surface area contributed by atoms with E-state index >= 15 is 0 Å². The second-order valence-electron chi connectivity index (χ2n) is 6.14. The van der Waals surface area contributed by atoms with Gasteiger partial charge >= 0.3 is 5.97 Å². The number of carboxylic acid groups (broad SMARTS) is 1. The van der Waals surface area contributed by atoms with Crippen LogP contribution < -0.4 is 10.1 Å². The fourth-order valence-corrected chi connectivity index (χ4v) is 4.69. The lowest BCUT2D eigenvalue weighted by atomic mass is 10.1. The molecule has 0 aromatic heterocycles. The molecule has 3 rings (SSSR count). The second kappa shape index (κ2) is 7.81. The van der Waals surface area contributed by atoms with Gasteiger partial charge in [-0.15, -0.1) is 23.2 Å². The molecule has 1 aliphatic carbocycles. The molecule has 1 aliphatic rings. The molecule has 1 amide bonds. The molecule has 0 radical (unpaired) electrons. The molecule has 0 unspecified atom stereocenters. The summed E-state index contributed by atoms with van der Waals surface area (Å²) in [6.07, 6.45) is 0. The van der Waals surface area contributed by atoms with Gasteiger partial charge in [0.1, 0.15) is 4.33 Å². The number of nitrogens with one attached hydrogen (secondary N) is 1. The highest BCUT2D eigenvalue weighted by molar-refractivity contribution is 6.53. The third kappa shape index (κ3) is 3.87. The molecule has 0 aliphatic heterocycles. The maximum Gasteiger partial charge on any atom is 0.337 e. The Bertz CT molecular complexity index is 955. The van der Waals surface area contributed by atoms with Crippen LogP contribution >= 0.6 is 58.0 Å². The van der Waals surface area contributed by atoms with Crippen molar-refractivity contribution in [2.75, 3.05) is 12.4 Å². The van der Waals surface area contributed by atoms with Crippen molar-refractivity contribution in [3.8, 4) is 5.75 Å². The lowest BCUT2D eigenvalue weighted by molar-refractivity contribution is -0.117. The van der Waals surface area contributed by atoms with E-state index < -0.39 is 28.0 Å². The molecule has 0 heterocycles. The van der Waals surface area contributed by atoms with Gasteiger partial charge < -0.3 is 15.2 Å². The van der Waals surface area contributed by atoms with Crippen molar-refractivity contribution < 1.29 is 19.4 Å². The van der Waals surface area contributed by atoms with Crippen LogP contribution in [0.4, 0.5) is 5.69 Å². The molecule has 2 aromatic carbocycles. The minimum absolute atomic E-state index is 0.0568. The van der Waals surface area contributed by atoms with E-state index in [1.807, 2.05) is 0 Å². The molecule has 1 saturated carbocycles. The van der Waals surface area contributed by atoms with Crippen molar-refractivity contribution in [3.63, 3.8) is 0 Å². The van der Waals surface area contributed by atoms with Crippen LogP contribution in [-0.4, -0.2) is 28.4 Å². The predicted molar refractivity (Wildman–Crippen MR) is 111 cm³/mol. The Morgan fingerprint density at radius 2 is 1.68 bits per heavy atom. The minimum atomic E-state index is -1.37. The lowest BCUT2D eigenvalue weighted by Crippen LogP contribution is -2.17. The number of ether oxygens (including phenoxy) is 1. The monoisotopic (exact) mass is 481 g/mol. The molecule has 2 N–H and O–H groups in total. The molecule has 2 atom stereocenters. The standard InChI is InChI=1S/C18H12Cl5NO4/c1-28-15-11(20)4-7(5-12(15)21)13-14(18(13,22)23)16(25)24-8-2-3-10(19)9(6-8)17(26)27/h2-6,13-14H,1H3,(H,24,25)(H,26,27)/t13-,14+/m1/s1. The molecule has 1 fully saturated rings. The number of rotatable bonds is 5. The molecule has 148 valence electrons. The number of methoxy groups -OCH3 is 1. The van der Waals surface area contributed by atoms with Gasteiger partial charge in [0, 0.05) is 11.6 Å². The largest absolute Gasteiger partial charge is 0.494 e. The highest BCUT2D eigenvalue weighted by atomic mass is 35.5. The van der Waals surface area contributed by atoms with E-state index in [2.05, 4.69) is 5.32 Å². The predicted octanol–water partition coefficient (Wildman–Crippen LogP) is 5.88. The van der Waals surface area contributed by atoms with E-state index in [0.29, 0.717) is 11.3 Å². The molecule has 5 nitrogen and oxygen atoms in total. The average Bonchev–Trinajstić information content (AvgIpc) is 3.18. The van der Waals surface area contributed by atoms with Crippen LogP contribution in [0.3, 0.4) is 0 Å². The van der Waals surface area contributed by atoms with Crippen LogP contribution in [0.25, 0.3) is 0 Å². The zero-order valence-corrected chi connectivity index (χ0v) is 17.9. The Kier molecular flexibility index (Phi) is 5.95. The van der Waals surface area contributed by atoms with E-state index in [-0.39, 0.29) is 26.3 Å². The van der Waals surface area contributed by atoms with Crippen LogP contribution in [0.15, 0.2) is 30.3 Å². The van der Waals surface area contributed by atoms with Gasteiger partial charge in [-0.25, -0.2) is 4.79 Å². The van der Waals surface area contributed by atoms with Gasteiger partial charge in [-0.2, -0.15) is 0 Å². The summed E-state index contributed by atoms with van der Waals surface area (Å²) in [4.78, 5) is 23.9. The summed E-state index contributed by atoms with van der Waals surface area (Å²) < 4.78 is 3.74. The molecule has 10 heteroatoms. The topological polar surface area (TPSA) is 75.6 Å². The number of anilines is 1. The zero-order valence-electron chi connectivity index (χ0n) is 14.1. The van der Waals surface area contributed by atoms with Gasteiger partial charge in [-0.1, -0.05) is 34.8 Å². The number of carboxylic acids is 1. The lowest BCUT2D eigenvalue weighted by Gasteiger charge is -2.09. The number of hydrogen-bond acceptors (Lipinski definition) is 3. The van der Waals surface area contributed by atoms with E-state index in [4.69, 9.17) is 67.8 Å². The minimum Gasteiger partial charge on any atom is -0.494 e. The quantitative estimate of drug-likeness (QED) is 0.521. The third-order valence-corrected chi connectivity index (χ3v) is 6.22. The summed E-state index contributed by atoms with van der Waals surface area (Å²) in [5.74, 6) is -2.72. The number of amides is 1. The molecule has 2 aromatic rings. The molecule has 28 heavy (non-hydrogen) atoms. The van der Waals surface area contributed by atoms with Crippen molar-refractivity contribution in [1.82, 2.24) is 0 Å². The number of halogens is 5. The number of benzene rings is 2. The van der Waals surface area contributed by atoms with Crippen molar-refractivity contribution in [3.05, 3.63) is 56.5 Å². The van der Waals surface area contributed by atoms with E-state index in [9.17, 15) is 9.59 Å². The second-order valence-corrected chi connectivity index (χ2v) is 8.80. The summed E-state index contributed by atoms with van der Waals surface area (Å²) in [5, 5.41) is 12.3. The number of carbonyl (C=O) groups is 2.